The van der Waals surface area contributed by atoms with Gasteiger partial charge in [0.05, 0.1) is 41.6 Å². The van der Waals surface area contributed by atoms with Crippen LogP contribution >= 0.6 is 0 Å². The number of fused-ring (bicyclic) bond motifs is 3. The monoisotopic (exact) mass is 470 g/mol. The molecule has 1 aliphatic heterocycles. The summed E-state index contributed by atoms with van der Waals surface area (Å²) in [5.41, 5.74) is -1.37. The lowest BCUT2D eigenvalue weighted by Gasteiger charge is -2.41. The zero-order valence-electron chi connectivity index (χ0n) is 18.5. The van der Waals surface area contributed by atoms with Crippen molar-refractivity contribution in [2.45, 2.75) is 62.8 Å². The fourth-order valence-corrected chi connectivity index (χ4v) is 5.22. The summed E-state index contributed by atoms with van der Waals surface area (Å²) in [5.74, 6) is -2.03. The van der Waals surface area contributed by atoms with Crippen LogP contribution in [0.1, 0.15) is 75.3 Å². The van der Waals surface area contributed by atoms with Gasteiger partial charge in [0.25, 0.3) is 0 Å². The predicted octanol–water partition coefficient (Wildman–Crippen LogP) is 1.49. The molecule has 0 amide bonds. The van der Waals surface area contributed by atoms with Crippen LogP contribution in [0.25, 0.3) is 0 Å². The van der Waals surface area contributed by atoms with Crippen LogP contribution in [0.5, 0.6) is 11.5 Å². The number of aromatic hydroxyl groups is 2. The Morgan fingerprint density at radius 3 is 2.59 bits per heavy atom. The SMILES string of the molecule is CC1OC(OC2CC(O)(CO)Cc3cc4c(c(O)c32)C(=O)c2c(O)cccc2C4=O)CCC1O. The maximum atomic E-state index is 13.3. The first-order valence-corrected chi connectivity index (χ1v) is 11.3. The van der Waals surface area contributed by atoms with Gasteiger partial charge in [-0.05, 0) is 31.0 Å². The summed E-state index contributed by atoms with van der Waals surface area (Å²) in [6, 6.07) is 5.63. The minimum Gasteiger partial charge on any atom is -0.507 e. The van der Waals surface area contributed by atoms with Gasteiger partial charge in [-0.3, -0.25) is 9.59 Å². The van der Waals surface area contributed by atoms with Crippen molar-refractivity contribution >= 4 is 11.6 Å². The van der Waals surface area contributed by atoms with Gasteiger partial charge >= 0.3 is 0 Å². The molecule has 180 valence electrons. The maximum Gasteiger partial charge on any atom is 0.201 e. The standard InChI is InChI=1S/C25H26O9/c1-11-15(27)5-6-18(33-11)34-17-9-25(32,10-26)8-12-7-14-21(23(30)19(12)17)24(31)20-13(22(14)29)3-2-4-16(20)28/h2-4,7,11,15,17-18,26-28,30,32H,5-6,8-10H2,1H3. The van der Waals surface area contributed by atoms with E-state index in [4.69, 9.17) is 9.47 Å². The zero-order chi connectivity index (χ0) is 24.4. The summed E-state index contributed by atoms with van der Waals surface area (Å²) in [6.07, 6.45) is -2.13. The summed E-state index contributed by atoms with van der Waals surface area (Å²) in [5, 5.41) is 52.2. The van der Waals surface area contributed by atoms with Gasteiger partial charge < -0.3 is 35.0 Å². The molecule has 5 rings (SSSR count). The van der Waals surface area contributed by atoms with Crippen LogP contribution in [-0.4, -0.2) is 67.8 Å². The molecule has 3 aliphatic rings. The fourth-order valence-electron chi connectivity index (χ4n) is 5.22. The third-order valence-electron chi connectivity index (χ3n) is 7.04. The highest BCUT2D eigenvalue weighted by Crippen LogP contribution is 2.48. The molecule has 2 aromatic carbocycles. The molecule has 9 nitrogen and oxygen atoms in total. The van der Waals surface area contributed by atoms with Crippen molar-refractivity contribution in [3.8, 4) is 11.5 Å². The molecule has 1 fully saturated rings. The summed E-state index contributed by atoms with van der Waals surface area (Å²) in [4.78, 5) is 26.5. The Morgan fingerprint density at radius 2 is 1.88 bits per heavy atom. The van der Waals surface area contributed by atoms with Crippen LogP contribution < -0.4 is 0 Å². The number of benzene rings is 2. The van der Waals surface area contributed by atoms with Crippen molar-refractivity contribution in [1.29, 1.82) is 0 Å². The Balaban J connectivity index is 1.61. The van der Waals surface area contributed by atoms with Crippen molar-refractivity contribution in [3.63, 3.8) is 0 Å². The van der Waals surface area contributed by atoms with Crippen molar-refractivity contribution in [1.82, 2.24) is 0 Å². The average molecular weight is 470 g/mol. The van der Waals surface area contributed by atoms with Crippen LogP contribution in [0, 0.1) is 0 Å². The van der Waals surface area contributed by atoms with Gasteiger partial charge in [0, 0.05) is 36.0 Å². The third-order valence-corrected chi connectivity index (χ3v) is 7.04. The Hall–Kier alpha value is -2.82. The lowest BCUT2D eigenvalue weighted by atomic mass is 9.74. The summed E-state index contributed by atoms with van der Waals surface area (Å²) in [7, 11) is 0. The van der Waals surface area contributed by atoms with E-state index in [-0.39, 0.29) is 46.4 Å². The predicted molar refractivity (Wildman–Crippen MR) is 117 cm³/mol. The molecule has 5 unspecified atom stereocenters. The van der Waals surface area contributed by atoms with Crippen molar-refractivity contribution in [3.05, 3.63) is 57.6 Å². The van der Waals surface area contributed by atoms with Gasteiger partial charge in [-0.25, -0.2) is 0 Å². The van der Waals surface area contributed by atoms with E-state index in [0.29, 0.717) is 18.4 Å². The smallest absolute Gasteiger partial charge is 0.201 e. The van der Waals surface area contributed by atoms with Crippen molar-refractivity contribution < 1.29 is 44.6 Å². The summed E-state index contributed by atoms with van der Waals surface area (Å²) in [6.45, 7) is 1.13. The molecule has 2 aromatic rings. The molecule has 0 bridgehead atoms. The number of phenolic OH excluding ortho intramolecular Hbond substituents is 2. The Morgan fingerprint density at radius 1 is 1.12 bits per heavy atom. The second-order valence-electron chi connectivity index (χ2n) is 9.38. The highest BCUT2D eigenvalue weighted by Gasteiger charge is 2.44. The minimum atomic E-state index is -1.57. The summed E-state index contributed by atoms with van der Waals surface area (Å²) >= 11 is 0. The molecule has 5 N–H and O–H groups in total. The van der Waals surface area contributed by atoms with Crippen LogP contribution in [-0.2, 0) is 15.9 Å². The first kappa shape index (κ1) is 22.9. The van der Waals surface area contributed by atoms with Crippen molar-refractivity contribution in [2.75, 3.05) is 6.61 Å². The van der Waals surface area contributed by atoms with Crippen LogP contribution in [0.15, 0.2) is 24.3 Å². The van der Waals surface area contributed by atoms with E-state index in [9.17, 15) is 35.1 Å². The summed E-state index contributed by atoms with van der Waals surface area (Å²) < 4.78 is 11.8. The van der Waals surface area contributed by atoms with E-state index in [1.807, 2.05) is 0 Å². The highest BCUT2D eigenvalue weighted by atomic mass is 16.7. The van der Waals surface area contributed by atoms with Crippen LogP contribution in [0.3, 0.4) is 0 Å². The molecule has 0 saturated carbocycles. The van der Waals surface area contributed by atoms with Gasteiger partial charge in [-0.2, -0.15) is 0 Å². The maximum absolute atomic E-state index is 13.3. The van der Waals surface area contributed by atoms with E-state index in [1.54, 1.807) is 6.92 Å². The molecule has 5 atom stereocenters. The number of hydrogen-bond acceptors (Lipinski definition) is 9. The van der Waals surface area contributed by atoms with E-state index in [0.717, 1.165) is 0 Å². The molecule has 0 radical (unpaired) electrons. The Labute approximate surface area is 195 Å². The third kappa shape index (κ3) is 3.52. The van der Waals surface area contributed by atoms with Crippen LogP contribution in [0.2, 0.25) is 0 Å². The molecule has 0 aromatic heterocycles. The second kappa shape index (κ2) is 8.14. The van der Waals surface area contributed by atoms with Gasteiger partial charge in [0.1, 0.15) is 11.5 Å². The lowest BCUT2D eigenvalue weighted by molar-refractivity contribution is -0.244. The molecule has 9 heteroatoms. The van der Waals surface area contributed by atoms with Crippen LogP contribution in [0.4, 0.5) is 0 Å². The number of ether oxygens (including phenoxy) is 2. The number of ketones is 2. The first-order valence-electron chi connectivity index (χ1n) is 11.3. The highest BCUT2D eigenvalue weighted by molar-refractivity contribution is 6.30. The second-order valence-corrected chi connectivity index (χ2v) is 9.38. The van der Waals surface area contributed by atoms with E-state index in [1.165, 1.54) is 24.3 Å². The van der Waals surface area contributed by atoms with Gasteiger partial charge in [0.2, 0.25) is 5.78 Å². The van der Waals surface area contributed by atoms with E-state index in [2.05, 4.69) is 0 Å². The quantitative estimate of drug-likeness (QED) is 0.383. The lowest BCUT2D eigenvalue weighted by Crippen LogP contribution is -2.44. The number of carbonyl (C=O) groups excluding carboxylic acids is 2. The minimum absolute atomic E-state index is 0.0287. The van der Waals surface area contributed by atoms with Gasteiger partial charge in [0.15, 0.2) is 12.1 Å². The van der Waals surface area contributed by atoms with Gasteiger partial charge in [-0.15, -0.1) is 0 Å². The number of rotatable bonds is 3. The average Bonchev–Trinajstić information content (AvgIpc) is 2.79. The molecule has 2 aliphatic carbocycles. The Kier molecular flexibility index (Phi) is 5.50. The molecule has 1 saturated heterocycles. The van der Waals surface area contributed by atoms with E-state index < -0.39 is 54.1 Å². The normalized spacial score (nSPS) is 30.5. The van der Waals surface area contributed by atoms with E-state index >= 15 is 0 Å². The van der Waals surface area contributed by atoms with Gasteiger partial charge in [-0.1, -0.05) is 12.1 Å². The largest absolute Gasteiger partial charge is 0.507 e. The molecule has 0 spiro atoms. The zero-order valence-corrected chi connectivity index (χ0v) is 18.5. The number of carbonyl (C=O) groups is 2. The topological polar surface area (TPSA) is 154 Å². The number of aliphatic hydroxyl groups excluding tert-OH is 2. The Bertz CT molecular complexity index is 1190. The number of phenols is 2. The fraction of sp³-hybridized carbons (Fsp3) is 0.440. The molecule has 1 heterocycles. The molecular weight excluding hydrogens is 444 g/mol. The molecular formula is C25H26O9. The number of hydrogen-bond donors (Lipinski definition) is 5. The number of aliphatic hydroxyl groups is 3. The molecule has 34 heavy (non-hydrogen) atoms. The first-order chi connectivity index (χ1) is 16.1. The van der Waals surface area contributed by atoms with Crippen molar-refractivity contribution in [2.24, 2.45) is 0 Å².